The average molecular weight is 375 g/mol. The predicted octanol–water partition coefficient (Wildman–Crippen LogP) is 3.61. The fraction of sp³-hybridized carbons (Fsp3) is 0.350. The van der Waals surface area contributed by atoms with Gasteiger partial charge in [0.25, 0.3) is 0 Å². The van der Waals surface area contributed by atoms with Crippen LogP contribution in [0.1, 0.15) is 18.4 Å². The van der Waals surface area contributed by atoms with Crippen molar-refractivity contribution in [3.05, 3.63) is 59.1 Å². The summed E-state index contributed by atoms with van der Waals surface area (Å²) >= 11 is 6.13. The Morgan fingerprint density at radius 2 is 1.85 bits per heavy atom. The quantitative estimate of drug-likeness (QED) is 0.810. The summed E-state index contributed by atoms with van der Waals surface area (Å²) < 4.78 is 11.1. The standard InChI is InChI=1S/C20H23ClN2O3/c21-18-4-2-1-3-15(18)13-26-17-7-5-16(6-8-17)23-19(24)20(14-22)9-11-25-12-10-20/h1-8H,9-14,22H2,(H,23,24). The first-order valence-corrected chi connectivity index (χ1v) is 9.06. The summed E-state index contributed by atoms with van der Waals surface area (Å²) in [5.41, 5.74) is 6.98. The zero-order valence-electron chi connectivity index (χ0n) is 14.5. The van der Waals surface area contributed by atoms with Gasteiger partial charge in [-0.15, -0.1) is 0 Å². The summed E-state index contributed by atoms with van der Waals surface area (Å²) in [5.74, 6) is 0.663. The van der Waals surface area contributed by atoms with E-state index in [4.69, 9.17) is 26.8 Å². The minimum Gasteiger partial charge on any atom is -0.489 e. The van der Waals surface area contributed by atoms with Crippen molar-refractivity contribution in [1.29, 1.82) is 0 Å². The Kier molecular flexibility index (Phi) is 6.14. The van der Waals surface area contributed by atoms with Crippen LogP contribution in [0.5, 0.6) is 5.75 Å². The van der Waals surface area contributed by atoms with Crippen LogP contribution in [-0.2, 0) is 16.1 Å². The molecule has 3 N–H and O–H groups in total. The summed E-state index contributed by atoms with van der Waals surface area (Å²) in [6.07, 6.45) is 1.29. The third-order valence-corrected chi connectivity index (χ3v) is 5.16. The first kappa shape index (κ1) is 18.7. The molecule has 1 amide bonds. The Bertz CT molecular complexity index is 743. The van der Waals surface area contributed by atoms with Crippen LogP contribution >= 0.6 is 11.6 Å². The molecule has 6 heteroatoms. The maximum absolute atomic E-state index is 12.7. The minimum atomic E-state index is -0.544. The minimum absolute atomic E-state index is 0.0481. The molecule has 1 fully saturated rings. The van der Waals surface area contributed by atoms with Crippen LogP contribution in [0.25, 0.3) is 0 Å². The fourth-order valence-corrected chi connectivity index (χ4v) is 3.15. The maximum atomic E-state index is 12.7. The van der Waals surface area contributed by atoms with Gasteiger partial charge in [0.1, 0.15) is 12.4 Å². The van der Waals surface area contributed by atoms with Gasteiger partial charge in [-0.1, -0.05) is 29.8 Å². The lowest BCUT2D eigenvalue weighted by atomic mass is 9.79. The molecule has 1 aliphatic rings. The van der Waals surface area contributed by atoms with Crippen LogP contribution < -0.4 is 15.8 Å². The summed E-state index contributed by atoms with van der Waals surface area (Å²) in [4.78, 5) is 12.7. The monoisotopic (exact) mass is 374 g/mol. The normalized spacial score (nSPS) is 16.1. The number of carbonyl (C=O) groups is 1. The van der Waals surface area contributed by atoms with Gasteiger partial charge in [-0.25, -0.2) is 0 Å². The first-order chi connectivity index (χ1) is 12.6. The summed E-state index contributed by atoms with van der Waals surface area (Å²) in [5, 5.41) is 3.64. The van der Waals surface area contributed by atoms with Crippen molar-refractivity contribution in [2.24, 2.45) is 11.1 Å². The van der Waals surface area contributed by atoms with Gasteiger partial charge in [-0.05, 0) is 43.2 Å². The Labute approximate surface area is 158 Å². The second-order valence-electron chi connectivity index (χ2n) is 6.46. The number of nitrogens with one attached hydrogen (secondary N) is 1. The molecular formula is C20H23ClN2O3. The number of amides is 1. The summed E-state index contributed by atoms with van der Waals surface area (Å²) in [6, 6.07) is 14.9. The van der Waals surface area contributed by atoms with Gasteiger partial charge in [-0.3, -0.25) is 4.79 Å². The largest absolute Gasteiger partial charge is 0.489 e. The zero-order valence-corrected chi connectivity index (χ0v) is 15.3. The van der Waals surface area contributed by atoms with Crippen molar-refractivity contribution in [3.8, 4) is 5.75 Å². The molecule has 0 bridgehead atoms. The molecule has 1 heterocycles. The highest BCUT2D eigenvalue weighted by atomic mass is 35.5. The molecular weight excluding hydrogens is 352 g/mol. The summed E-state index contributed by atoms with van der Waals surface area (Å²) in [6.45, 7) is 1.85. The van der Waals surface area contributed by atoms with E-state index in [9.17, 15) is 4.79 Å². The predicted molar refractivity (Wildman–Crippen MR) is 102 cm³/mol. The second-order valence-corrected chi connectivity index (χ2v) is 6.86. The second kappa shape index (κ2) is 8.54. The van der Waals surface area contributed by atoms with E-state index in [2.05, 4.69) is 5.32 Å². The van der Waals surface area contributed by atoms with Gasteiger partial charge in [0.15, 0.2) is 0 Å². The van der Waals surface area contributed by atoms with Crippen LogP contribution in [0.3, 0.4) is 0 Å². The fourth-order valence-electron chi connectivity index (χ4n) is 2.96. The molecule has 26 heavy (non-hydrogen) atoms. The van der Waals surface area contributed by atoms with E-state index >= 15 is 0 Å². The average Bonchev–Trinajstić information content (AvgIpc) is 2.69. The third kappa shape index (κ3) is 4.36. The lowest BCUT2D eigenvalue weighted by Gasteiger charge is -2.34. The Hall–Kier alpha value is -2.08. The molecule has 0 radical (unpaired) electrons. The van der Waals surface area contributed by atoms with E-state index in [0.29, 0.717) is 50.0 Å². The lowest BCUT2D eigenvalue weighted by molar-refractivity contribution is -0.130. The molecule has 2 aromatic carbocycles. The molecule has 2 aromatic rings. The highest BCUT2D eigenvalue weighted by Gasteiger charge is 2.38. The highest BCUT2D eigenvalue weighted by molar-refractivity contribution is 6.31. The topological polar surface area (TPSA) is 73.6 Å². The zero-order chi connectivity index (χ0) is 18.4. The number of hydrogen-bond donors (Lipinski definition) is 2. The van der Waals surface area contributed by atoms with Crippen molar-refractivity contribution in [2.45, 2.75) is 19.4 Å². The number of anilines is 1. The van der Waals surface area contributed by atoms with Crippen LogP contribution in [-0.4, -0.2) is 25.7 Å². The SMILES string of the molecule is NCC1(C(=O)Nc2ccc(OCc3ccccc3Cl)cc2)CCOCC1. The van der Waals surface area contributed by atoms with E-state index < -0.39 is 5.41 Å². The Balaban J connectivity index is 1.59. The van der Waals surface area contributed by atoms with Gasteiger partial charge >= 0.3 is 0 Å². The van der Waals surface area contributed by atoms with Crippen LogP contribution in [0, 0.1) is 5.41 Å². The number of ether oxygens (including phenoxy) is 2. The Morgan fingerprint density at radius 1 is 1.15 bits per heavy atom. The maximum Gasteiger partial charge on any atom is 0.232 e. The van der Waals surface area contributed by atoms with Gasteiger partial charge in [0.2, 0.25) is 5.91 Å². The summed E-state index contributed by atoms with van der Waals surface area (Å²) in [7, 11) is 0. The molecule has 5 nitrogen and oxygen atoms in total. The number of halogens is 1. The van der Waals surface area contributed by atoms with Gasteiger partial charge in [0, 0.05) is 36.0 Å². The van der Waals surface area contributed by atoms with E-state index in [1.165, 1.54) is 0 Å². The molecule has 0 spiro atoms. The van der Waals surface area contributed by atoms with Gasteiger partial charge < -0.3 is 20.5 Å². The van der Waals surface area contributed by atoms with Crippen LogP contribution in [0.15, 0.2) is 48.5 Å². The number of carbonyl (C=O) groups excluding carboxylic acids is 1. The van der Waals surface area contributed by atoms with E-state index in [1.807, 2.05) is 48.5 Å². The van der Waals surface area contributed by atoms with E-state index in [1.54, 1.807) is 0 Å². The van der Waals surface area contributed by atoms with Crippen LogP contribution in [0.4, 0.5) is 5.69 Å². The van der Waals surface area contributed by atoms with Crippen molar-refractivity contribution < 1.29 is 14.3 Å². The van der Waals surface area contributed by atoms with Crippen molar-refractivity contribution in [1.82, 2.24) is 0 Å². The van der Waals surface area contributed by atoms with Crippen molar-refractivity contribution >= 4 is 23.2 Å². The molecule has 0 unspecified atom stereocenters. The molecule has 1 saturated heterocycles. The van der Waals surface area contributed by atoms with Gasteiger partial charge in [0.05, 0.1) is 5.41 Å². The smallest absolute Gasteiger partial charge is 0.232 e. The molecule has 0 atom stereocenters. The number of hydrogen-bond acceptors (Lipinski definition) is 4. The van der Waals surface area contributed by atoms with Crippen LogP contribution in [0.2, 0.25) is 5.02 Å². The van der Waals surface area contributed by atoms with E-state index in [0.717, 1.165) is 11.3 Å². The number of nitrogens with two attached hydrogens (primary N) is 1. The highest BCUT2D eigenvalue weighted by Crippen LogP contribution is 2.31. The lowest BCUT2D eigenvalue weighted by Crippen LogP contribution is -2.46. The van der Waals surface area contributed by atoms with Crippen molar-refractivity contribution in [3.63, 3.8) is 0 Å². The number of rotatable bonds is 6. The third-order valence-electron chi connectivity index (χ3n) is 4.79. The van der Waals surface area contributed by atoms with Gasteiger partial charge in [-0.2, -0.15) is 0 Å². The molecule has 3 rings (SSSR count). The number of benzene rings is 2. The first-order valence-electron chi connectivity index (χ1n) is 8.68. The molecule has 138 valence electrons. The molecule has 0 aliphatic carbocycles. The van der Waals surface area contributed by atoms with E-state index in [-0.39, 0.29) is 5.91 Å². The van der Waals surface area contributed by atoms with Crippen molar-refractivity contribution in [2.75, 3.05) is 25.1 Å². The Morgan fingerprint density at radius 3 is 2.50 bits per heavy atom. The molecule has 1 aliphatic heterocycles. The molecule has 0 saturated carbocycles. The molecule has 0 aromatic heterocycles.